The van der Waals surface area contributed by atoms with Gasteiger partial charge in [0.2, 0.25) is 0 Å². The molecule has 55 heavy (non-hydrogen) atoms. The molecule has 10 heteroatoms. The molecular formula is C45H81O9P. The molecule has 0 bridgehead atoms. The molecule has 0 radical (unpaired) electrons. The molecule has 0 aromatic heterocycles. The van der Waals surface area contributed by atoms with Crippen molar-refractivity contribution in [1.82, 2.24) is 0 Å². The minimum atomic E-state index is -4.77. The topological polar surface area (TPSA) is 132 Å². The third-order valence-corrected chi connectivity index (χ3v) is 10.6. The molecule has 1 rings (SSSR count). The minimum Gasteiger partial charge on any atom is -0.462 e. The molecule has 0 amide bonds. The summed E-state index contributed by atoms with van der Waals surface area (Å²) >= 11 is 0. The fourth-order valence-corrected chi connectivity index (χ4v) is 7.00. The second-order valence-corrected chi connectivity index (χ2v) is 16.7. The van der Waals surface area contributed by atoms with Crippen molar-refractivity contribution in [1.29, 1.82) is 0 Å². The van der Waals surface area contributed by atoms with E-state index >= 15 is 0 Å². The highest BCUT2D eigenvalue weighted by Crippen LogP contribution is 2.36. The van der Waals surface area contributed by atoms with Gasteiger partial charge < -0.3 is 24.0 Å². The summed E-state index contributed by atoms with van der Waals surface area (Å²) < 4.78 is 32.1. The molecule has 0 aliphatic carbocycles. The second-order valence-electron chi connectivity index (χ2n) is 15.4. The van der Waals surface area contributed by atoms with Crippen LogP contribution >= 0.6 is 7.82 Å². The molecule has 1 aliphatic rings. The third-order valence-electron chi connectivity index (χ3n) is 10.1. The van der Waals surface area contributed by atoms with Crippen LogP contribution < -0.4 is 0 Å². The Morgan fingerprint density at radius 3 is 1.60 bits per heavy atom. The molecule has 0 saturated carbocycles. The lowest BCUT2D eigenvalue weighted by Gasteiger charge is -2.18. The first kappa shape index (κ1) is 51.2. The number of phosphoric ester groups is 1. The van der Waals surface area contributed by atoms with Crippen LogP contribution in [0.1, 0.15) is 206 Å². The standard InChI is InChI=1S/C45H81O9P/c1-3-5-7-8-9-10-11-12-13-14-15-16-17-18-19-24-27-30-34-38-45(47)53-41(40-52-55(48,49)50)39-51-44(46)37-33-29-26-23-21-20-22-25-28-32-36-43-42(54-43)35-31-6-4-2/h20,22-23,26,28,32,41-43H,3-19,21,24-25,27,29-31,33-40H2,1-2H3,(H2,48,49,50)/b22-20-,26-23-,32-28-/t41-,42?,43?/m1/s1. The molecule has 0 spiro atoms. The first-order valence-electron chi connectivity index (χ1n) is 22.4. The van der Waals surface area contributed by atoms with Crippen LogP contribution in [0.3, 0.4) is 0 Å². The first-order valence-corrected chi connectivity index (χ1v) is 23.9. The Morgan fingerprint density at radius 1 is 0.582 bits per heavy atom. The third kappa shape index (κ3) is 36.3. The average molecular weight is 797 g/mol. The molecule has 9 nitrogen and oxygen atoms in total. The zero-order chi connectivity index (χ0) is 40.1. The number of epoxide rings is 1. The highest BCUT2D eigenvalue weighted by atomic mass is 31.2. The van der Waals surface area contributed by atoms with E-state index in [9.17, 15) is 14.2 Å². The number of carbonyl (C=O) groups is 2. The molecule has 2 N–H and O–H groups in total. The molecule has 1 saturated heterocycles. The van der Waals surface area contributed by atoms with Crippen molar-refractivity contribution in [3.05, 3.63) is 36.5 Å². The largest absolute Gasteiger partial charge is 0.469 e. The lowest BCUT2D eigenvalue weighted by molar-refractivity contribution is -0.161. The zero-order valence-electron chi connectivity index (χ0n) is 35.0. The summed E-state index contributed by atoms with van der Waals surface area (Å²) in [6.07, 6.45) is 46.2. The maximum Gasteiger partial charge on any atom is 0.469 e. The smallest absolute Gasteiger partial charge is 0.462 e. The SMILES string of the molecule is CCCCCCCCCCCCCCCCCCCCCC(=O)O[C@H](COC(=O)CCC/C=C\C/C=C\C/C=C\CC1OC1CCCCC)COP(=O)(O)O. The number of phosphoric acid groups is 1. The Morgan fingerprint density at radius 2 is 1.05 bits per heavy atom. The summed E-state index contributed by atoms with van der Waals surface area (Å²) in [5, 5.41) is 0. The van der Waals surface area contributed by atoms with Gasteiger partial charge in [-0.05, 0) is 44.9 Å². The number of allylic oxidation sites excluding steroid dienone is 5. The summed E-state index contributed by atoms with van der Waals surface area (Å²) in [4.78, 5) is 42.9. The van der Waals surface area contributed by atoms with Gasteiger partial charge in [-0.1, -0.05) is 185 Å². The van der Waals surface area contributed by atoms with Crippen molar-refractivity contribution in [2.45, 2.75) is 225 Å². The number of ether oxygens (including phenoxy) is 3. The van der Waals surface area contributed by atoms with Crippen LogP contribution in [0, 0.1) is 0 Å². The van der Waals surface area contributed by atoms with E-state index < -0.39 is 32.5 Å². The maximum atomic E-state index is 12.4. The number of esters is 2. The van der Waals surface area contributed by atoms with Crippen LogP contribution in [0.2, 0.25) is 0 Å². The van der Waals surface area contributed by atoms with Crippen molar-refractivity contribution in [3.8, 4) is 0 Å². The van der Waals surface area contributed by atoms with E-state index in [-0.39, 0.29) is 19.4 Å². The molecule has 3 atom stereocenters. The van der Waals surface area contributed by atoms with Crippen LogP contribution in [0.15, 0.2) is 36.5 Å². The fraction of sp³-hybridized carbons (Fsp3) is 0.822. The van der Waals surface area contributed by atoms with Crippen molar-refractivity contribution >= 4 is 19.8 Å². The van der Waals surface area contributed by atoms with Gasteiger partial charge >= 0.3 is 19.8 Å². The van der Waals surface area contributed by atoms with Crippen molar-refractivity contribution < 1.29 is 42.7 Å². The molecule has 1 fully saturated rings. The Balaban J connectivity index is 2.05. The quantitative estimate of drug-likeness (QED) is 0.0204. The molecule has 2 unspecified atom stereocenters. The number of hydrogen-bond donors (Lipinski definition) is 2. The summed E-state index contributed by atoms with van der Waals surface area (Å²) in [5.41, 5.74) is 0. The highest BCUT2D eigenvalue weighted by molar-refractivity contribution is 7.46. The Kier molecular flexibility index (Phi) is 34.1. The lowest BCUT2D eigenvalue weighted by atomic mass is 10.0. The molecule has 1 heterocycles. The fourth-order valence-electron chi connectivity index (χ4n) is 6.64. The molecule has 320 valence electrons. The molecule has 1 aliphatic heterocycles. The van der Waals surface area contributed by atoms with Gasteiger partial charge in [0, 0.05) is 12.8 Å². The van der Waals surface area contributed by atoms with Crippen LogP contribution in [-0.4, -0.2) is 53.3 Å². The van der Waals surface area contributed by atoms with Crippen LogP contribution in [0.25, 0.3) is 0 Å². The van der Waals surface area contributed by atoms with E-state index in [0.29, 0.717) is 25.0 Å². The Labute approximate surface area is 336 Å². The predicted molar refractivity (Wildman–Crippen MR) is 225 cm³/mol. The maximum absolute atomic E-state index is 12.4. The summed E-state index contributed by atoms with van der Waals surface area (Å²) in [5.74, 6) is -0.947. The van der Waals surface area contributed by atoms with Crippen molar-refractivity contribution in [3.63, 3.8) is 0 Å². The van der Waals surface area contributed by atoms with Gasteiger partial charge in [-0.3, -0.25) is 14.1 Å². The van der Waals surface area contributed by atoms with E-state index in [1.807, 2.05) is 6.08 Å². The second kappa shape index (κ2) is 36.6. The number of hydrogen-bond acceptors (Lipinski definition) is 7. The molecular weight excluding hydrogens is 715 g/mol. The average Bonchev–Trinajstić information content (AvgIpc) is 3.91. The monoisotopic (exact) mass is 797 g/mol. The van der Waals surface area contributed by atoms with Gasteiger partial charge in [0.05, 0.1) is 18.8 Å². The van der Waals surface area contributed by atoms with Gasteiger partial charge in [-0.25, -0.2) is 4.57 Å². The number of unbranched alkanes of at least 4 members (excludes halogenated alkanes) is 21. The van der Waals surface area contributed by atoms with Gasteiger partial charge in [0.1, 0.15) is 6.61 Å². The first-order chi connectivity index (χ1) is 26.7. The van der Waals surface area contributed by atoms with Gasteiger partial charge in [0.15, 0.2) is 6.10 Å². The van der Waals surface area contributed by atoms with Crippen LogP contribution in [-0.2, 0) is 32.9 Å². The van der Waals surface area contributed by atoms with Gasteiger partial charge in [0.25, 0.3) is 0 Å². The van der Waals surface area contributed by atoms with Crippen LogP contribution in [0.4, 0.5) is 0 Å². The molecule has 0 aromatic rings. The van der Waals surface area contributed by atoms with Crippen LogP contribution in [0.5, 0.6) is 0 Å². The highest BCUT2D eigenvalue weighted by Gasteiger charge is 2.36. The normalized spacial score (nSPS) is 16.4. The number of carbonyl (C=O) groups excluding carboxylic acids is 2. The molecule has 0 aromatic carbocycles. The van der Waals surface area contributed by atoms with Gasteiger partial charge in [-0.2, -0.15) is 0 Å². The van der Waals surface area contributed by atoms with Crippen molar-refractivity contribution in [2.75, 3.05) is 13.2 Å². The van der Waals surface area contributed by atoms with Gasteiger partial charge in [-0.15, -0.1) is 0 Å². The van der Waals surface area contributed by atoms with E-state index in [1.165, 1.54) is 122 Å². The van der Waals surface area contributed by atoms with E-state index in [4.69, 9.17) is 24.0 Å². The van der Waals surface area contributed by atoms with Crippen molar-refractivity contribution in [2.24, 2.45) is 0 Å². The Bertz CT molecular complexity index is 1050. The number of rotatable bonds is 40. The minimum absolute atomic E-state index is 0.189. The summed E-state index contributed by atoms with van der Waals surface area (Å²) in [6, 6.07) is 0. The predicted octanol–water partition coefficient (Wildman–Crippen LogP) is 12.7. The zero-order valence-corrected chi connectivity index (χ0v) is 35.9. The Hall–Kier alpha value is -1.77. The van der Waals surface area contributed by atoms with E-state index in [0.717, 1.165) is 44.9 Å². The van der Waals surface area contributed by atoms with E-state index in [1.54, 1.807) is 0 Å². The lowest BCUT2D eigenvalue weighted by Crippen LogP contribution is -2.29. The summed E-state index contributed by atoms with van der Waals surface area (Å²) in [6.45, 7) is 3.63. The van der Waals surface area contributed by atoms with E-state index in [2.05, 4.69) is 48.8 Å². The summed E-state index contributed by atoms with van der Waals surface area (Å²) in [7, 11) is -4.77.